The van der Waals surface area contributed by atoms with Crippen LogP contribution in [-0.4, -0.2) is 35.4 Å². The maximum absolute atomic E-state index is 4.34. The lowest BCUT2D eigenvalue weighted by atomic mass is 9.88. The zero-order chi connectivity index (χ0) is 16.1. The molecule has 0 radical (unpaired) electrons. The highest BCUT2D eigenvalue weighted by Gasteiger charge is 2.18. The van der Waals surface area contributed by atoms with Gasteiger partial charge < -0.3 is 10.6 Å². The van der Waals surface area contributed by atoms with Gasteiger partial charge in [-0.05, 0) is 42.9 Å². The Morgan fingerprint density at radius 2 is 2.12 bits per heavy atom. The summed E-state index contributed by atoms with van der Waals surface area (Å²) in [6.07, 6.45) is 7.28. The lowest BCUT2D eigenvalue weighted by molar-refractivity contribution is 0.516. The largest absolute Gasteiger partial charge is 0.355 e. The van der Waals surface area contributed by atoms with Crippen LogP contribution >= 0.6 is 24.0 Å². The molecular weight excluding hydrogens is 413 g/mol. The number of aryl methyl sites for hydroxylation is 2. The van der Waals surface area contributed by atoms with E-state index in [1.54, 1.807) is 0 Å². The van der Waals surface area contributed by atoms with Gasteiger partial charge in [0.2, 0.25) is 0 Å². The van der Waals surface area contributed by atoms with E-state index in [1.807, 2.05) is 17.9 Å². The molecule has 1 unspecified atom stereocenters. The number of fused-ring (bicyclic) bond motifs is 1. The fraction of sp³-hybridized carbons (Fsp3) is 0.444. The third-order valence-electron chi connectivity index (χ3n) is 4.31. The van der Waals surface area contributed by atoms with Crippen LogP contribution in [-0.2, 0) is 19.4 Å². The van der Waals surface area contributed by atoms with Crippen LogP contribution in [0.2, 0.25) is 0 Å². The summed E-state index contributed by atoms with van der Waals surface area (Å²) in [6, 6.07) is 9.18. The van der Waals surface area contributed by atoms with Gasteiger partial charge in [0.25, 0.3) is 0 Å². The Labute approximate surface area is 161 Å². The molecule has 0 saturated carbocycles. The average Bonchev–Trinajstić information content (AvgIpc) is 2.99. The summed E-state index contributed by atoms with van der Waals surface area (Å²) < 4.78 is 1.95. The fourth-order valence-corrected chi connectivity index (χ4v) is 3.09. The van der Waals surface area contributed by atoms with Crippen molar-refractivity contribution < 1.29 is 0 Å². The van der Waals surface area contributed by atoms with Crippen LogP contribution in [0.4, 0.5) is 0 Å². The van der Waals surface area contributed by atoms with Crippen molar-refractivity contribution in [2.24, 2.45) is 4.99 Å². The zero-order valence-corrected chi connectivity index (χ0v) is 16.7. The topological polar surface area (TPSA) is 54.2 Å². The second-order valence-electron chi connectivity index (χ2n) is 6.13. The predicted molar refractivity (Wildman–Crippen MR) is 109 cm³/mol. The number of hydrogen-bond acceptors (Lipinski definition) is 2. The summed E-state index contributed by atoms with van der Waals surface area (Å²) in [7, 11) is 1.82. The SMILES string of the molecule is CN=C(NCCn1cc(C)cn1)NC1CCc2ccccc2C1.I. The molecule has 0 aliphatic heterocycles. The number of aromatic nitrogens is 2. The molecule has 2 N–H and O–H groups in total. The van der Waals surface area contributed by atoms with Gasteiger partial charge in [-0.2, -0.15) is 5.10 Å². The maximum Gasteiger partial charge on any atom is 0.191 e. The standard InChI is InChI=1S/C18H25N5.HI/c1-14-12-21-23(13-14)10-9-20-18(19-2)22-17-8-7-15-5-3-4-6-16(15)11-17;/h3-6,12-13,17H,7-11H2,1-2H3,(H2,19,20,22);1H. The summed E-state index contributed by atoms with van der Waals surface area (Å²) in [4.78, 5) is 4.34. The highest BCUT2D eigenvalue weighted by Crippen LogP contribution is 2.20. The van der Waals surface area contributed by atoms with Crippen LogP contribution in [0, 0.1) is 6.92 Å². The van der Waals surface area contributed by atoms with Crippen molar-refractivity contribution in [3.8, 4) is 0 Å². The van der Waals surface area contributed by atoms with Gasteiger partial charge in [0.1, 0.15) is 0 Å². The minimum Gasteiger partial charge on any atom is -0.355 e. The van der Waals surface area contributed by atoms with E-state index < -0.39 is 0 Å². The van der Waals surface area contributed by atoms with Crippen molar-refractivity contribution in [2.75, 3.05) is 13.6 Å². The second-order valence-corrected chi connectivity index (χ2v) is 6.13. The Morgan fingerprint density at radius 3 is 2.83 bits per heavy atom. The van der Waals surface area contributed by atoms with E-state index in [2.05, 4.69) is 58.1 Å². The third-order valence-corrected chi connectivity index (χ3v) is 4.31. The molecule has 0 bridgehead atoms. The molecule has 0 spiro atoms. The van der Waals surface area contributed by atoms with Crippen molar-refractivity contribution in [1.29, 1.82) is 0 Å². The van der Waals surface area contributed by atoms with Crippen molar-refractivity contribution in [3.63, 3.8) is 0 Å². The molecule has 1 aliphatic rings. The Bertz CT molecular complexity index is 680. The quantitative estimate of drug-likeness (QED) is 0.438. The monoisotopic (exact) mass is 439 g/mol. The molecule has 24 heavy (non-hydrogen) atoms. The Morgan fingerprint density at radius 1 is 1.33 bits per heavy atom. The molecule has 0 amide bonds. The molecule has 5 nitrogen and oxygen atoms in total. The molecule has 1 aromatic carbocycles. The van der Waals surface area contributed by atoms with E-state index in [4.69, 9.17) is 0 Å². The van der Waals surface area contributed by atoms with Gasteiger partial charge in [-0.15, -0.1) is 24.0 Å². The smallest absolute Gasteiger partial charge is 0.191 e. The van der Waals surface area contributed by atoms with Gasteiger partial charge in [0.15, 0.2) is 5.96 Å². The van der Waals surface area contributed by atoms with E-state index in [0.717, 1.165) is 38.3 Å². The molecule has 6 heteroatoms. The van der Waals surface area contributed by atoms with Crippen LogP contribution in [0.1, 0.15) is 23.1 Å². The first kappa shape index (κ1) is 18.8. The number of benzene rings is 1. The van der Waals surface area contributed by atoms with Crippen LogP contribution in [0.25, 0.3) is 0 Å². The molecular formula is C18H26IN5. The summed E-state index contributed by atoms with van der Waals surface area (Å²) >= 11 is 0. The normalized spacial score (nSPS) is 16.9. The summed E-state index contributed by atoms with van der Waals surface area (Å²) in [5, 5.41) is 11.2. The van der Waals surface area contributed by atoms with Crippen molar-refractivity contribution >= 4 is 29.9 Å². The lowest BCUT2D eigenvalue weighted by Crippen LogP contribution is -2.46. The van der Waals surface area contributed by atoms with Gasteiger partial charge >= 0.3 is 0 Å². The first-order chi connectivity index (χ1) is 11.2. The van der Waals surface area contributed by atoms with E-state index in [-0.39, 0.29) is 24.0 Å². The van der Waals surface area contributed by atoms with Gasteiger partial charge in [-0.3, -0.25) is 9.67 Å². The average molecular weight is 439 g/mol. The van der Waals surface area contributed by atoms with Crippen molar-refractivity contribution in [1.82, 2.24) is 20.4 Å². The number of guanidine groups is 1. The van der Waals surface area contributed by atoms with Crippen LogP contribution < -0.4 is 10.6 Å². The molecule has 0 fully saturated rings. The van der Waals surface area contributed by atoms with Gasteiger partial charge in [-0.1, -0.05) is 24.3 Å². The number of aliphatic imine (C=N–C) groups is 1. The van der Waals surface area contributed by atoms with E-state index >= 15 is 0 Å². The van der Waals surface area contributed by atoms with E-state index in [0.29, 0.717) is 6.04 Å². The Hall–Kier alpha value is -1.57. The molecule has 1 aliphatic carbocycles. The van der Waals surface area contributed by atoms with Crippen LogP contribution in [0.15, 0.2) is 41.7 Å². The number of nitrogens with one attached hydrogen (secondary N) is 2. The molecule has 130 valence electrons. The highest BCUT2D eigenvalue weighted by atomic mass is 127. The van der Waals surface area contributed by atoms with Crippen LogP contribution in [0.5, 0.6) is 0 Å². The Balaban J connectivity index is 0.00000208. The second kappa shape index (κ2) is 9.05. The molecule has 0 saturated heterocycles. The zero-order valence-electron chi connectivity index (χ0n) is 14.3. The first-order valence-electron chi connectivity index (χ1n) is 8.27. The lowest BCUT2D eigenvalue weighted by Gasteiger charge is -2.27. The third kappa shape index (κ3) is 4.96. The number of halogens is 1. The summed E-state index contributed by atoms with van der Waals surface area (Å²) in [6.45, 7) is 3.70. The fourth-order valence-electron chi connectivity index (χ4n) is 3.09. The maximum atomic E-state index is 4.34. The number of nitrogens with zero attached hydrogens (tertiary/aromatic N) is 3. The Kier molecular flexibility index (Phi) is 7.08. The minimum atomic E-state index is 0. The van der Waals surface area contributed by atoms with E-state index in [1.165, 1.54) is 16.7 Å². The molecule has 1 atom stereocenters. The highest BCUT2D eigenvalue weighted by molar-refractivity contribution is 14.0. The summed E-state index contributed by atoms with van der Waals surface area (Å²) in [5.74, 6) is 0.873. The first-order valence-corrected chi connectivity index (χ1v) is 8.27. The molecule has 2 aromatic rings. The predicted octanol–water partition coefficient (Wildman–Crippen LogP) is 2.53. The van der Waals surface area contributed by atoms with Gasteiger partial charge in [0, 0.05) is 25.8 Å². The van der Waals surface area contributed by atoms with E-state index in [9.17, 15) is 0 Å². The molecule has 1 heterocycles. The van der Waals surface area contributed by atoms with Gasteiger partial charge in [0.05, 0.1) is 12.7 Å². The molecule has 1 aromatic heterocycles. The number of rotatable bonds is 4. The molecule has 3 rings (SSSR count). The van der Waals surface area contributed by atoms with Crippen molar-refractivity contribution in [2.45, 2.75) is 38.8 Å². The summed E-state index contributed by atoms with van der Waals surface area (Å²) in [5.41, 5.74) is 4.13. The minimum absolute atomic E-state index is 0. The van der Waals surface area contributed by atoms with Gasteiger partial charge in [-0.25, -0.2) is 0 Å². The van der Waals surface area contributed by atoms with Crippen molar-refractivity contribution in [3.05, 3.63) is 53.3 Å². The van der Waals surface area contributed by atoms with Crippen LogP contribution in [0.3, 0.4) is 0 Å². The number of hydrogen-bond donors (Lipinski definition) is 2.